The molecule has 1 aliphatic carbocycles. The quantitative estimate of drug-likeness (QED) is 0.767. The van der Waals surface area contributed by atoms with Crippen molar-refractivity contribution in [3.8, 4) is 0 Å². The topological polar surface area (TPSA) is 49.5 Å². The van der Waals surface area contributed by atoms with Gasteiger partial charge in [0, 0.05) is 25.7 Å². The standard InChI is InChI=1S/C14H28N2O/c1-2-14(17)7-12-6-13(15)10-16(9-12)8-11-4-3-5-11/h11-14,17H,2-10,15H2,1H3. The summed E-state index contributed by atoms with van der Waals surface area (Å²) in [6, 6.07) is 0.317. The molecule has 0 radical (unpaired) electrons. The summed E-state index contributed by atoms with van der Waals surface area (Å²) in [5.41, 5.74) is 6.14. The summed E-state index contributed by atoms with van der Waals surface area (Å²) in [6.07, 6.45) is 7.01. The van der Waals surface area contributed by atoms with Gasteiger partial charge in [-0.15, -0.1) is 0 Å². The highest BCUT2D eigenvalue weighted by molar-refractivity contribution is 4.85. The predicted molar refractivity (Wildman–Crippen MR) is 70.8 cm³/mol. The van der Waals surface area contributed by atoms with Crippen LogP contribution in [0, 0.1) is 11.8 Å². The predicted octanol–water partition coefficient (Wildman–Crippen LogP) is 1.60. The molecule has 0 aromatic rings. The van der Waals surface area contributed by atoms with Gasteiger partial charge < -0.3 is 15.7 Å². The summed E-state index contributed by atoms with van der Waals surface area (Å²) in [4.78, 5) is 2.55. The number of rotatable bonds is 5. The number of likely N-dealkylation sites (tertiary alicyclic amines) is 1. The van der Waals surface area contributed by atoms with Crippen molar-refractivity contribution in [2.24, 2.45) is 17.6 Å². The Bertz CT molecular complexity index is 216. The molecule has 2 fully saturated rings. The molecule has 0 spiro atoms. The highest BCUT2D eigenvalue weighted by Crippen LogP contribution is 2.29. The van der Waals surface area contributed by atoms with Crippen LogP contribution in [-0.4, -0.2) is 41.8 Å². The summed E-state index contributed by atoms with van der Waals surface area (Å²) < 4.78 is 0. The van der Waals surface area contributed by atoms with E-state index in [-0.39, 0.29) is 6.10 Å². The van der Waals surface area contributed by atoms with Crippen LogP contribution >= 0.6 is 0 Å². The van der Waals surface area contributed by atoms with Gasteiger partial charge >= 0.3 is 0 Å². The molecule has 1 aliphatic heterocycles. The average molecular weight is 240 g/mol. The Balaban J connectivity index is 1.78. The van der Waals surface area contributed by atoms with Crippen LogP contribution in [0.3, 0.4) is 0 Å². The maximum Gasteiger partial charge on any atom is 0.0540 e. The van der Waals surface area contributed by atoms with Gasteiger partial charge in [0.15, 0.2) is 0 Å². The van der Waals surface area contributed by atoms with E-state index < -0.39 is 0 Å². The molecule has 100 valence electrons. The van der Waals surface area contributed by atoms with Gasteiger partial charge in [-0.3, -0.25) is 0 Å². The summed E-state index contributed by atoms with van der Waals surface area (Å²) >= 11 is 0. The molecule has 0 aromatic heterocycles. The first-order valence-electron chi connectivity index (χ1n) is 7.33. The lowest BCUT2D eigenvalue weighted by Crippen LogP contribution is -2.49. The van der Waals surface area contributed by atoms with Crippen LogP contribution in [-0.2, 0) is 0 Å². The van der Waals surface area contributed by atoms with Gasteiger partial charge in [0.25, 0.3) is 0 Å². The highest BCUT2D eigenvalue weighted by Gasteiger charge is 2.29. The number of nitrogens with two attached hydrogens (primary N) is 1. The van der Waals surface area contributed by atoms with Crippen molar-refractivity contribution in [1.82, 2.24) is 4.90 Å². The Morgan fingerprint density at radius 3 is 2.65 bits per heavy atom. The molecule has 2 aliphatic rings. The van der Waals surface area contributed by atoms with E-state index >= 15 is 0 Å². The molecule has 3 heteroatoms. The molecule has 3 N–H and O–H groups in total. The summed E-state index contributed by atoms with van der Waals surface area (Å²) in [7, 11) is 0. The largest absolute Gasteiger partial charge is 0.393 e. The molecule has 3 nitrogen and oxygen atoms in total. The molecule has 3 atom stereocenters. The van der Waals surface area contributed by atoms with Crippen molar-refractivity contribution in [2.75, 3.05) is 19.6 Å². The zero-order valence-electron chi connectivity index (χ0n) is 11.1. The average Bonchev–Trinajstić information content (AvgIpc) is 2.22. The zero-order valence-corrected chi connectivity index (χ0v) is 11.1. The first kappa shape index (κ1) is 13.3. The number of piperidine rings is 1. The number of aliphatic hydroxyl groups is 1. The van der Waals surface area contributed by atoms with Crippen molar-refractivity contribution >= 4 is 0 Å². The van der Waals surface area contributed by atoms with Gasteiger partial charge in [0.05, 0.1) is 6.10 Å². The molecule has 17 heavy (non-hydrogen) atoms. The van der Waals surface area contributed by atoms with E-state index in [9.17, 15) is 5.11 Å². The minimum absolute atomic E-state index is 0.129. The smallest absolute Gasteiger partial charge is 0.0540 e. The van der Waals surface area contributed by atoms with E-state index in [2.05, 4.69) is 11.8 Å². The fraction of sp³-hybridized carbons (Fsp3) is 1.00. The van der Waals surface area contributed by atoms with Crippen LogP contribution in [0.5, 0.6) is 0 Å². The van der Waals surface area contributed by atoms with Crippen LogP contribution in [0.2, 0.25) is 0 Å². The van der Waals surface area contributed by atoms with E-state index in [1.54, 1.807) is 0 Å². The van der Waals surface area contributed by atoms with Gasteiger partial charge in [-0.25, -0.2) is 0 Å². The first-order chi connectivity index (χ1) is 8.17. The van der Waals surface area contributed by atoms with Crippen LogP contribution in [0.1, 0.15) is 45.4 Å². The number of aliphatic hydroxyl groups excluding tert-OH is 1. The maximum atomic E-state index is 9.76. The molecule has 2 rings (SSSR count). The Morgan fingerprint density at radius 1 is 1.29 bits per heavy atom. The fourth-order valence-corrected chi connectivity index (χ4v) is 3.26. The van der Waals surface area contributed by atoms with Gasteiger partial charge in [0.2, 0.25) is 0 Å². The molecule has 0 aromatic carbocycles. The summed E-state index contributed by atoms with van der Waals surface area (Å²) in [5, 5.41) is 9.76. The van der Waals surface area contributed by atoms with E-state index in [1.807, 2.05) is 0 Å². The monoisotopic (exact) mass is 240 g/mol. The Kier molecular flexibility index (Phi) is 4.83. The summed E-state index contributed by atoms with van der Waals surface area (Å²) in [6.45, 7) is 5.52. The van der Waals surface area contributed by atoms with Crippen molar-refractivity contribution < 1.29 is 5.11 Å². The number of hydrogen-bond acceptors (Lipinski definition) is 3. The molecule has 1 heterocycles. The molecular formula is C14H28N2O. The second kappa shape index (κ2) is 6.17. The Labute approximate surface area is 105 Å². The molecule has 0 bridgehead atoms. The summed E-state index contributed by atoms with van der Waals surface area (Å²) in [5.74, 6) is 1.53. The Hall–Kier alpha value is -0.120. The number of hydrogen-bond donors (Lipinski definition) is 2. The zero-order chi connectivity index (χ0) is 12.3. The molecule has 0 amide bonds. The van der Waals surface area contributed by atoms with Gasteiger partial charge in [-0.1, -0.05) is 13.3 Å². The van der Waals surface area contributed by atoms with Crippen LogP contribution in [0.25, 0.3) is 0 Å². The molecule has 3 unspecified atom stereocenters. The third kappa shape index (κ3) is 3.94. The number of nitrogens with zero attached hydrogens (tertiary/aromatic N) is 1. The molecule has 1 saturated heterocycles. The highest BCUT2D eigenvalue weighted by atomic mass is 16.3. The van der Waals surface area contributed by atoms with E-state index in [1.165, 1.54) is 25.8 Å². The van der Waals surface area contributed by atoms with Crippen molar-refractivity contribution in [3.05, 3.63) is 0 Å². The van der Waals surface area contributed by atoms with Crippen LogP contribution in [0.15, 0.2) is 0 Å². The van der Waals surface area contributed by atoms with Gasteiger partial charge in [-0.05, 0) is 43.9 Å². The van der Waals surface area contributed by atoms with Crippen LogP contribution < -0.4 is 5.73 Å². The second-order valence-corrected chi connectivity index (χ2v) is 6.18. The normalized spacial score (nSPS) is 33.4. The van der Waals surface area contributed by atoms with Crippen molar-refractivity contribution in [2.45, 2.75) is 57.6 Å². The van der Waals surface area contributed by atoms with E-state index in [0.717, 1.165) is 38.3 Å². The first-order valence-corrected chi connectivity index (χ1v) is 7.33. The molecular weight excluding hydrogens is 212 g/mol. The third-order valence-corrected chi connectivity index (χ3v) is 4.46. The van der Waals surface area contributed by atoms with Crippen LogP contribution in [0.4, 0.5) is 0 Å². The Morgan fingerprint density at radius 2 is 2.06 bits per heavy atom. The minimum atomic E-state index is -0.129. The SMILES string of the molecule is CCC(O)CC1CC(N)CN(CC2CCC2)C1. The molecule has 1 saturated carbocycles. The lowest BCUT2D eigenvalue weighted by Gasteiger charge is -2.40. The van der Waals surface area contributed by atoms with E-state index in [4.69, 9.17) is 5.73 Å². The fourth-order valence-electron chi connectivity index (χ4n) is 3.26. The minimum Gasteiger partial charge on any atom is -0.393 e. The maximum absolute atomic E-state index is 9.76. The van der Waals surface area contributed by atoms with E-state index in [0.29, 0.717) is 12.0 Å². The van der Waals surface area contributed by atoms with Crippen molar-refractivity contribution in [1.29, 1.82) is 0 Å². The second-order valence-electron chi connectivity index (χ2n) is 6.18. The van der Waals surface area contributed by atoms with Gasteiger partial charge in [0.1, 0.15) is 0 Å². The lowest BCUT2D eigenvalue weighted by molar-refractivity contribution is 0.0741. The third-order valence-electron chi connectivity index (χ3n) is 4.46. The lowest BCUT2D eigenvalue weighted by atomic mass is 9.83. The van der Waals surface area contributed by atoms with Crippen molar-refractivity contribution in [3.63, 3.8) is 0 Å². The van der Waals surface area contributed by atoms with Gasteiger partial charge in [-0.2, -0.15) is 0 Å².